The minimum absolute atomic E-state index is 0.0942. The molecule has 2 aromatic carbocycles. The van der Waals surface area contributed by atoms with Gasteiger partial charge in [-0.05, 0) is 86.2 Å². The molecule has 8 heteroatoms. The topological polar surface area (TPSA) is 65.2 Å². The van der Waals surface area contributed by atoms with Crippen LogP contribution in [-0.2, 0) is 25.6 Å². The Morgan fingerprint density at radius 3 is 2.43 bits per heavy atom. The summed E-state index contributed by atoms with van der Waals surface area (Å²) in [7, 11) is 0. The summed E-state index contributed by atoms with van der Waals surface area (Å²) < 4.78 is 39.2. The normalized spacial score (nSPS) is 13.2. The number of nitrogens with zero attached hydrogens (tertiary/aromatic N) is 1. The summed E-state index contributed by atoms with van der Waals surface area (Å²) in [5.74, 6) is -0.307. The Kier molecular flexibility index (Phi) is 7.48. The van der Waals surface area contributed by atoms with Crippen molar-refractivity contribution < 1.29 is 18.0 Å². The van der Waals surface area contributed by atoms with E-state index in [0.717, 1.165) is 54.0 Å². The number of aromatic nitrogens is 1. The molecule has 0 saturated heterocycles. The fraction of sp³-hybridized carbons (Fsp3) is 0.379. The molecule has 0 bridgehead atoms. The number of pyridine rings is 1. The SMILES string of the molecule is CCCc1cc(C)[nH]c(=O)c1CNC(=O)c1cc(-c2ccc(C(F)(F)F)cc2)cc2c1CCN2C(C)C. The predicted octanol–water partition coefficient (Wildman–Crippen LogP) is 6.02. The zero-order chi connectivity index (χ0) is 26.9. The van der Waals surface area contributed by atoms with Crippen molar-refractivity contribution in [2.75, 3.05) is 11.4 Å². The molecule has 5 nitrogen and oxygen atoms in total. The van der Waals surface area contributed by atoms with E-state index in [2.05, 4.69) is 29.0 Å². The van der Waals surface area contributed by atoms with Crippen LogP contribution in [-0.4, -0.2) is 23.5 Å². The summed E-state index contributed by atoms with van der Waals surface area (Å²) in [6, 6.07) is 10.8. The molecule has 3 aromatic rings. The molecular weight excluding hydrogens is 479 g/mol. The van der Waals surface area contributed by atoms with Crippen molar-refractivity contribution in [2.24, 2.45) is 0 Å². The van der Waals surface area contributed by atoms with Gasteiger partial charge in [0.25, 0.3) is 11.5 Å². The molecule has 0 unspecified atom stereocenters. The van der Waals surface area contributed by atoms with Crippen molar-refractivity contribution in [3.63, 3.8) is 0 Å². The fourth-order valence-corrected chi connectivity index (χ4v) is 5.02. The highest BCUT2D eigenvalue weighted by Crippen LogP contribution is 2.38. The van der Waals surface area contributed by atoms with Gasteiger partial charge in [0, 0.05) is 41.6 Å². The molecule has 1 aromatic heterocycles. The molecule has 0 spiro atoms. The molecule has 2 N–H and O–H groups in total. The Morgan fingerprint density at radius 1 is 1.11 bits per heavy atom. The molecular formula is C29H32F3N3O2. The number of hydrogen-bond donors (Lipinski definition) is 2. The van der Waals surface area contributed by atoms with Crippen LogP contribution in [0.15, 0.2) is 47.3 Å². The molecule has 1 amide bonds. The van der Waals surface area contributed by atoms with Gasteiger partial charge >= 0.3 is 6.18 Å². The largest absolute Gasteiger partial charge is 0.416 e. The second-order valence-electron chi connectivity index (χ2n) is 9.85. The number of hydrogen-bond acceptors (Lipinski definition) is 3. The lowest BCUT2D eigenvalue weighted by Gasteiger charge is -2.25. The van der Waals surface area contributed by atoms with Crippen LogP contribution in [0.1, 0.15) is 65.5 Å². The van der Waals surface area contributed by atoms with Crippen LogP contribution < -0.4 is 15.8 Å². The van der Waals surface area contributed by atoms with Crippen LogP contribution in [0, 0.1) is 6.92 Å². The number of carbonyl (C=O) groups is 1. The number of aryl methyl sites for hydroxylation is 2. The molecule has 1 aliphatic heterocycles. The van der Waals surface area contributed by atoms with Crippen molar-refractivity contribution in [1.82, 2.24) is 10.3 Å². The van der Waals surface area contributed by atoms with E-state index in [0.29, 0.717) is 28.7 Å². The van der Waals surface area contributed by atoms with Gasteiger partial charge in [-0.25, -0.2) is 0 Å². The van der Waals surface area contributed by atoms with E-state index in [-0.39, 0.29) is 24.1 Å². The summed E-state index contributed by atoms with van der Waals surface area (Å²) in [6.45, 7) is 8.85. The highest BCUT2D eigenvalue weighted by molar-refractivity contribution is 5.99. The molecule has 0 saturated carbocycles. The molecule has 0 radical (unpaired) electrons. The second kappa shape index (κ2) is 10.4. The summed E-state index contributed by atoms with van der Waals surface area (Å²) >= 11 is 0. The lowest BCUT2D eigenvalue weighted by molar-refractivity contribution is -0.137. The highest BCUT2D eigenvalue weighted by Gasteiger charge is 2.31. The average Bonchev–Trinajstić information content (AvgIpc) is 3.27. The van der Waals surface area contributed by atoms with Gasteiger partial charge in [-0.2, -0.15) is 13.2 Å². The van der Waals surface area contributed by atoms with Crippen LogP contribution in [0.2, 0.25) is 0 Å². The third-order valence-electron chi connectivity index (χ3n) is 6.86. The van der Waals surface area contributed by atoms with Gasteiger partial charge in [0.1, 0.15) is 0 Å². The van der Waals surface area contributed by atoms with Crippen LogP contribution in [0.4, 0.5) is 18.9 Å². The van der Waals surface area contributed by atoms with Crippen molar-refractivity contribution in [2.45, 2.75) is 65.7 Å². The third-order valence-corrected chi connectivity index (χ3v) is 6.86. The number of alkyl halides is 3. The molecule has 2 heterocycles. The zero-order valence-corrected chi connectivity index (χ0v) is 21.6. The van der Waals surface area contributed by atoms with Gasteiger partial charge in [-0.1, -0.05) is 25.5 Å². The quantitative estimate of drug-likeness (QED) is 0.408. The average molecular weight is 512 g/mol. The van der Waals surface area contributed by atoms with Crippen LogP contribution in [0.3, 0.4) is 0 Å². The lowest BCUT2D eigenvalue weighted by Crippen LogP contribution is -2.29. The zero-order valence-electron chi connectivity index (χ0n) is 21.6. The van der Waals surface area contributed by atoms with Crippen molar-refractivity contribution in [3.8, 4) is 11.1 Å². The Balaban J connectivity index is 1.70. The maximum atomic E-state index is 13.5. The van der Waals surface area contributed by atoms with Gasteiger partial charge < -0.3 is 15.2 Å². The summed E-state index contributed by atoms with van der Waals surface area (Å²) in [5.41, 5.74) is 4.88. The van der Waals surface area contributed by atoms with E-state index in [1.54, 1.807) is 6.07 Å². The smallest absolute Gasteiger partial charge is 0.369 e. The predicted molar refractivity (Wildman–Crippen MR) is 140 cm³/mol. The molecule has 196 valence electrons. The minimum atomic E-state index is -4.42. The number of rotatable bonds is 7. The number of nitrogens with one attached hydrogen (secondary N) is 2. The van der Waals surface area contributed by atoms with Crippen LogP contribution in [0.5, 0.6) is 0 Å². The van der Waals surface area contributed by atoms with E-state index >= 15 is 0 Å². The van der Waals surface area contributed by atoms with Crippen molar-refractivity contribution >= 4 is 11.6 Å². The standard InChI is InChI=1S/C29H32F3N3O2/c1-5-6-20-13-18(4)34-28(37)25(20)16-33-27(36)24-14-21(15-26-23(24)11-12-35(26)17(2)3)19-7-9-22(10-8-19)29(30,31)32/h7-10,13-15,17H,5-6,11-12,16H2,1-4H3,(H,33,36)(H,34,37). The Morgan fingerprint density at radius 2 is 1.81 bits per heavy atom. The second-order valence-corrected chi connectivity index (χ2v) is 9.85. The maximum absolute atomic E-state index is 13.5. The van der Waals surface area contributed by atoms with Gasteiger partial charge in [0.2, 0.25) is 0 Å². The van der Waals surface area contributed by atoms with Gasteiger partial charge in [-0.15, -0.1) is 0 Å². The number of carbonyl (C=O) groups excluding carboxylic acids is 1. The first kappa shape index (κ1) is 26.5. The number of halogens is 3. The minimum Gasteiger partial charge on any atom is -0.369 e. The van der Waals surface area contributed by atoms with Crippen molar-refractivity contribution in [3.05, 3.63) is 86.3 Å². The van der Waals surface area contributed by atoms with Gasteiger partial charge in [0.15, 0.2) is 0 Å². The van der Waals surface area contributed by atoms with E-state index < -0.39 is 11.7 Å². The highest BCUT2D eigenvalue weighted by atomic mass is 19.4. The first-order valence-electron chi connectivity index (χ1n) is 12.6. The van der Waals surface area contributed by atoms with E-state index in [1.807, 2.05) is 26.0 Å². The monoisotopic (exact) mass is 511 g/mol. The molecule has 0 fully saturated rings. The molecule has 0 aliphatic carbocycles. The summed E-state index contributed by atoms with van der Waals surface area (Å²) in [6.07, 6.45) is -2.12. The molecule has 1 aliphatic rings. The summed E-state index contributed by atoms with van der Waals surface area (Å²) in [4.78, 5) is 31.1. The number of amides is 1. The summed E-state index contributed by atoms with van der Waals surface area (Å²) in [5, 5.41) is 2.93. The first-order valence-corrected chi connectivity index (χ1v) is 12.6. The van der Waals surface area contributed by atoms with Crippen molar-refractivity contribution in [1.29, 1.82) is 0 Å². The van der Waals surface area contributed by atoms with Gasteiger partial charge in [-0.3, -0.25) is 9.59 Å². The first-order chi connectivity index (χ1) is 17.5. The number of fused-ring (bicyclic) bond motifs is 1. The number of aromatic amines is 1. The fourth-order valence-electron chi connectivity index (χ4n) is 5.02. The van der Waals surface area contributed by atoms with E-state index in [1.165, 1.54) is 12.1 Å². The molecule has 4 rings (SSSR count). The van der Waals surface area contributed by atoms with Crippen LogP contribution in [0.25, 0.3) is 11.1 Å². The Labute approximate surface area is 214 Å². The maximum Gasteiger partial charge on any atom is 0.416 e. The Bertz CT molecular complexity index is 1360. The number of benzene rings is 2. The van der Waals surface area contributed by atoms with Crippen LogP contribution >= 0.6 is 0 Å². The van der Waals surface area contributed by atoms with E-state index in [4.69, 9.17) is 0 Å². The number of H-pyrrole nitrogens is 1. The Hall–Kier alpha value is -3.55. The third kappa shape index (κ3) is 5.58. The number of anilines is 1. The lowest BCUT2D eigenvalue weighted by atomic mass is 9.95. The van der Waals surface area contributed by atoms with E-state index in [9.17, 15) is 22.8 Å². The molecule has 0 atom stereocenters. The molecule has 37 heavy (non-hydrogen) atoms. The van der Waals surface area contributed by atoms with Gasteiger partial charge in [0.05, 0.1) is 5.56 Å².